The summed E-state index contributed by atoms with van der Waals surface area (Å²) >= 11 is 1.42. The summed E-state index contributed by atoms with van der Waals surface area (Å²) < 4.78 is 13.3. The minimum absolute atomic E-state index is 0.000374. The molecule has 1 heterocycles. The number of carbonyl (C=O) groups excluding carboxylic acids is 2. The monoisotopic (exact) mass is 620 g/mol. The van der Waals surface area contributed by atoms with E-state index in [0.29, 0.717) is 35.2 Å². The van der Waals surface area contributed by atoms with Crippen molar-refractivity contribution in [3.05, 3.63) is 46.5 Å². The molecule has 2 saturated carbocycles. The maximum absolute atomic E-state index is 13.4. The van der Waals surface area contributed by atoms with Crippen LogP contribution in [0.3, 0.4) is 0 Å². The lowest BCUT2D eigenvalue weighted by Crippen LogP contribution is -2.42. The van der Waals surface area contributed by atoms with Crippen molar-refractivity contribution in [1.82, 2.24) is 4.98 Å². The van der Waals surface area contributed by atoms with Gasteiger partial charge in [0.2, 0.25) is 0 Å². The highest BCUT2D eigenvalue weighted by atomic mass is 32.1. The molecular formula is C35H44N2O6S. The van der Waals surface area contributed by atoms with E-state index in [-0.39, 0.29) is 29.1 Å². The first kappa shape index (κ1) is 32.1. The Bertz CT molecular complexity index is 1420. The SMILES string of the molecule is CCCCC1CCC(C(=O)Oc2cc([N+](=O)[O-])c(OC3(C=O)CCC(CCCC)CC3)cc2-c2nc3ccccc3s2)CC1. The third kappa shape index (κ3) is 7.48. The van der Waals surface area contributed by atoms with E-state index in [4.69, 9.17) is 14.5 Å². The number of unbranched alkanes of at least 4 members (excludes halogenated alkanes) is 2. The fourth-order valence-corrected chi connectivity index (χ4v) is 7.78. The van der Waals surface area contributed by atoms with Crippen LogP contribution in [0.2, 0.25) is 0 Å². The number of para-hydroxylation sites is 1. The molecule has 0 atom stereocenters. The van der Waals surface area contributed by atoms with Crippen LogP contribution in [0.1, 0.15) is 104 Å². The Balaban J connectivity index is 1.45. The van der Waals surface area contributed by atoms with Gasteiger partial charge in [-0.3, -0.25) is 19.7 Å². The van der Waals surface area contributed by atoms with Crippen molar-refractivity contribution in [3.8, 4) is 22.1 Å². The second kappa shape index (κ2) is 14.6. The molecule has 0 N–H and O–H groups in total. The van der Waals surface area contributed by atoms with E-state index in [9.17, 15) is 19.7 Å². The number of rotatable bonds is 13. The van der Waals surface area contributed by atoms with Gasteiger partial charge in [0.25, 0.3) is 0 Å². The summed E-state index contributed by atoms with van der Waals surface area (Å²) in [7, 11) is 0. The smallest absolute Gasteiger partial charge is 0.314 e. The van der Waals surface area contributed by atoms with Gasteiger partial charge in [-0.15, -0.1) is 11.3 Å². The molecule has 5 rings (SSSR count). The molecule has 0 spiro atoms. The topological polar surface area (TPSA) is 109 Å². The Hall–Kier alpha value is -3.33. The van der Waals surface area contributed by atoms with Gasteiger partial charge in [-0.05, 0) is 75.3 Å². The summed E-state index contributed by atoms with van der Waals surface area (Å²) in [6.45, 7) is 4.36. The van der Waals surface area contributed by atoms with Crippen molar-refractivity contribution in [2.45, 2.75) is 109 Å². The maximum Gasteiger partial charge on any atom is 0.314 e. The van der Waals surface area contributed by atoms with Crippen molar-refractivity contribution in [3.63, 3.8) is 0 Å². The van der Waals surface area contributed by atoms with Crippen molar-refractivity contribution < 1.29 is 24.0 Å². The molecule has 0 aliphatic heterocycles. The van der Waals surface area contributed by atoms with Crippen LogP contribution in [-0.4, -0.2) is 27.8 Å². The molecule has 3 aromatic rings. The standard InChI is InChI=1S/C35H44N2O6S/c1-3-5-9-24-13-15-26(16-14-24)34(39)42-30-22-29(37(40)41)31(21-27(30)33-36-28-11-7-8-12-32(28)44-33)43-35(23-38)19-17-25(18-20-35)10-6-4-2/h7-8,11-12,21-26H,3-6,9-10,13-20H2,1-2H3. The number of carbonyl (C=O) groups is 2. The van der Waals surface area contributed by atoms with Crippen LogP contribution in [0.25, 0.3) is 20.8 Å². The number of fused-ring (bicyclic) bond motifs is 1. The zero-order chi connectivity index (χ0) is 31.1. The molecule has 236 valence electrons. The molecule has 44 heavy (non-hydrogen) atoms. The highest BCUT2D eigenvalue weighted by Crippen LogP contribution is 2.46. The molecule has 8 nitrogen and oxygen atoms in total. The summed E-state index contributed by atoms with van der Waals surface area (Å²) in [6.07, 6.45) is 14.0. The average Bonchev–Trinajstić information content (AvgIpc) is 3.48. The Morgan fingerprint density at radius 3 is 2.27 bits per heavy atom. The van der Waals surface area contributed by atoms with Gasteiger partial charge < -0.3 is 9.47 Å². The van der Waals surface area contributed by atoms with E-state index in [0.717, 1.165) is 74.3 Å². The predicted molar refractivity (Wildman–Crippen MR) is 173 cm³/mol. The molecule has 0 amide bonds. The van der Waals surface area contributed by atoms with Crippen LogP contribution < -0.4 is 9.47 Å². The van der Waals surface area contributed by atoms with Crippen LogP contribution in [0, 0.1) is 27.9 Å². The van der Waals surface area contributed by atoms with Crippen LogP contribution >= 0.6 is 11.3 Å². The molecule has 2 aliphatic rings. The summed E-state index contributed by atoms with van der Waals surface area (Å²) in [5, 5.41) is 12.9. The first-order valence-corrected chi connectivity index (χ1v) is 17.2. The Labute approximate surface area is 263 Å². The lowest BCUT2D eigenvalue weighted by Gasteiger charge is -2.36. The van der Waals surface area contributed by atoms with Gasteiger partial charge in [0.1, 0.15) is 10.8 Å². The van der Waals surface area contributed by atoms with E-state index in [1.807, 2.05) is 24.3 Å². The van der Waals surface area contributed by atoms with Crippen molar-refractivity contribution in [2.24, 2.45) is 17.8 Å². The molecule has 2 aliphatic carbocycles. The van der Waals surface area contributed by atoms with Crippen LogP contribution in [0.5, 0.6) is 11.5 Å². The third-order valence-corrected chi connectivity index (χ3v) is 10.7. The highest BCUT2D eigenvalue weighted by molar-refractivity contribution is 7.21. The number of aromatic nitrogens is 1. The lowest BCUT2D eigenvalue weighted by molar-refractivity contribution is -0.386. The van der Waals surface area contributed by atoms with Crippen molar-refractivity contribution in [2.75, 3.05) is 0 Å². The molecule has 0 radical (unpaired) electrons. The van der Waals surface area contributed by atoms with Gasteiger partial charge in [-0.1, -0.05) is 64.5 Å². The number of thiazole rings is 1. The zero-order valence-electron chi connectivity index (χ0n) is 25.9. The Morgan fingerprint density at radius 1 is 1.00 bits per heavy atom. The fraction of sp³-hybridized carbons (Fsp3) is 0.571. The zero-order valence-corrected chi connectivity index (χ0v) is 26.7. The number of ether oxygens (including phenoxy) is 2. The predicted octanol–water partition coefficient (Wildman–Crippen LogP) is 9.47. The number of hydrogen-bond acceptors (Lipinski definition) is 8. The summed E-state index contributed by atoms with van der Waals surface area (Å²) in [5.74, 6) is 0.667. The Morgan fingerprint density at radius 2 is 1.66 bits per heavy atom. The normalized spacial score (nSPS) is 23.7. The molecule has 2 fully saturated rings. The first-order valence-electron chi connectivity index (χ1n) is 16.4. The first-order chi connectivity index (χ1) is 21.3. The molecular weight excluding hydrogens is 576 g/mol. The third-order valence-electron chi connectivity index (χ3n) is 9.58. The largest absolute Gasteiger partial charge is 0.473 e. The van der Waals surface area contributed by atoms with Gasteiger partial charge in [0.15, 0.2) is 17.6 Å². The average molecular weight is 621 g/mol. The number of nitro benzene ring substituents is 1. The van der Waals surface area contributed by atoms with Crippen molar-refractivity contribution >= 4 is 39.5 Å². The number of benzene rings is 2. The summed E-state index contributed by atoms with van der Waals surface area (Å²) in [4.78, 5) is 42.5. The van der Waals surface area contributed by atoms with Gasteiger partial charge >= 0.3 is 11.7 Å². The van der Waals surface area contributed by atoms with Gasteiger partial charge in [-0.25, -0.2) is 4.98 Å². The minimum atomic E-state index is -1.13. The second-order valence-corrected chi connectivity index (χ2v) is 13.7. The second-order valence-electron chi connectivity index (χ2n) is 12.7. The number of aldehydes is 1. The number of nitro groups is 1. The molecule has 9 heteroatoms. The van der Waals surface area contributed by atoms with Crippen LogP contribution in [0.15, 0.2) is 36.4 Å². The minimum Gasteiger partial charge on any atom is -0.473 e. The number of esters is 1. The lowest BCUT2D eigenvalue weighted by atomic mass is 9.77. The van der Waals surface area contributed by atoms with Crippen LogP contribution in [-0.2, 0) is 9.59 Å². The quantitative estimate of drug-likeness (QED) is 0.0615. The Kier molecular flexibility index (Phi) is 10.7. The van der Waals surface area contributed by atoms with E-state index in [1.165, 1.54) is 36.7 Å². The number of hydrogen-bond donors (Lipinski definition) is 0. The van der Waals surface area contributed by atoms with Crippen LogP contribution in [0.4, 0.5) is 5.69 Å². The number of nitrogens with zero attached hydrogens (tertiary/aromatic N) is 2. The van der Waals surface area contributed by atoms with E-state index in [2.05, 4.69) is 13.8 Å². The van der Waals surface area contributed by atoms with Gasteiger partial charge in [0.05, 0.1) is 32.7 Å². The fourth-order valence-electron chi connectivity index (χ4n) is 6.79. The molecule has 2 aromatic carbocycles. The van der Waals surface area contributed by atoms with E-state index >= 15 is 0 Å². The van der Waals surface area contributed by atoms with Gasteiger partial charge in [-0.2, -0.15) is 0 Å². The molecule has 0 unspecified atom stereocenters. The van der Waals surface area contributed by atoms with E-state index < -0.39 is 10.5 Å². The van der Waals surface area contributed by atoms with Crippen molar-refractivity contribution in [1.29, 1.82) is 0 Å². The highest BCUT2D eigenvalue weighted by Gasteiger charge is 2.39. The molecule has 0 bridgehead atoms. The summed E-state index contributed by atoms with van der Waals surface area (Å²) in [5.41, 5.74) is -0.220. The molecule has 0 saturated heterocycles. The maximum atomic E-state index is 13.4. The summed E-state index contributed by atoms with van der Waals surface area (Å²) in [6, 6.07) is 10.5. The van der Waals surface area contributed by atoms with E-state index in [1.54, 1.807) is 6.07 Å². The van der Waals surface area contributed by atoms with Gasteiger partial charge in [0, 0.05) is 6.07 Å². The molecule has 1 aromatic heterocycles.